The molecule has 118 valence electrons. The Bertz CT molecular complexity index is 812. The van der Waals surface area contributed by atoms with E-state index in [4.69, 9.17) is 16.1 Å². The summed E-state index contributed by atoms with van der Waals surface area (Å²) in [6, 6.07) is 11.4. The molecule has 0 atom stereocenters. The first kappa shape index (κ1) is 15.8. The van der Waals surface area contributed by atoms with Gasteiger partial charge in [-0.2, -0.15) is 0 Å². The van der Waals surface area contributed by atoms with Gasteiger partial charge >= 0.3 is 0 Å². The van der Waals surface area contributed by atoms with Crippen molar-refractivity contribution in [2.75, 3.05) is 6.54 Å². The number of benzene rings is 1. The van der Waals surface area contributed by atoms with E-state index in [1.165, 1.54) is 11.3 Å². The zero-order valence-corrected chi connectivity index (χ0v) is 14.1. The quantitative estimate of drug-likeness (QED) is 0.747. The van der Waals surface area contributed by atoms with Gasteiger partial charge in [0.25, 0.3) is 5.91 Å². The van der Waals surface area contributed by atoms with Crippen LogP contribution in [0.3, 0.4) is 0 Å². The van der Waals surface area contributed by atoms with Gasteiger partial charge in [-0.15, -0.1) is 11.3 Å². The van der Waals surface area contributed by atoms with Gasteiger partial charge in [-0.3, -0.25) is 4.79 Å². The molecule has 0 fully saturated rings. The van der Waals surface area contributed by atoms with Crippen molar-refractivity contribution in [1.82, 2.24) is 10.5 Å². The highest BCUT2D eigenvalue weighted by molar-refractivity contribution is 7.13. The van der Waals surface area contributed by atoms with Crippen LogP contribution in [-0.4, -0.2) is 17.6 Å². The summed E-state index contributed by atoms with van der Waals surface area (Å²) in [4.78, 5) is 13.4. The molecule has 0 unspecified atom stereocenters. The first-order valence-corrected chi connectivity index (χ1v) is 8.43. The number of nitrogens with zero attached hydrogens (tertiary/aromatic N) is 1. The van der Waals surface area contributed by atoms with Crippen molar-refractivity contribution in [3.63, 3.8) is 0 Å². The molecule has 0 spiro atoms. The molecule has 1 N–H and O–H groups in total. The molecular weight excluding hydrogens is 332 g/mol. The predicted octanol–water partition coefficient (Wildman–Crippen LogP) is 4.34. The number of amides is 1. The molecule has 23 heavy (non-hydrogen) atoms. The van der Waals surface area contributed by atoms with E-state index in [9.17, 15) is 4.79 Å². The zero-order chi connectivity index (χ0) is 16.2. The van der Waals surface area contributed by atoms with Crippen molar-refractivity contribution in [2.45, 2.75) is 13.3 Å². The van der Waals surface area contributed by atoms with Gasteiger partial charge in [-0.05, 0) is 42.5 Å². The highest BCUT2D eigenvalue weighted by Gasteiger charge is 2.22. The van der Waals surface area contributed by atoms with Crippen LogP contribution in [0.25, 0.3) is 10.6 Å². The molecule has 0 radical (unpaired) electrons. The molecule has 2 aromatic heterocycles. The second-order valence-electron chi connectivity index (χ2n) is 5.09. The van der Waals surface area contributed by atoms with Crippen molar-refractivity contribution < 1.29 is 9.32 Å². The Morgan fingerprint density at radius 2 is 2.22 bits per heavy atom. The standard InChI is InChI=1S/C17H15ClN2O2S/c1-11-15(16(22-20-11)14-6-3-9-23-14)17(21)19-8-7-12-4-2-5-13(18)10-12/h2-6,9-10H,7-8H2,1H3,(H,19,21). The van der Waals surface area contributed by atoms with Crippen LogP contribution in [0.4, 0.5) is 0 Å². The third kappa shape index (κ3) is 3.63. The van der Waals surface area contributed by atoms with Gasteiger partial charge in [0.2, 0.25) is 0 Å². The molecule has 0 aliphatic heterocycles. The topological polar surface area (TPSA) is 55.1 Å². The number of carbonyl (C=O) groups is 1. The Morgan fingerprint density at radius 3 is 2.96 bits per heavy atom. The molecule has 0 bridgehead atoms. The van der Waals surface area contributed by atoms with E-state index in [1.54, 1.807) is 6.92 Å². The molecule has 1 amide bonds. The normalized spacial score (nSPS) is 10.7. The number of hydrogen-bond acceptors (Lipinski definition) is 4. The van der Waals surface area contributed by atoms with E-state index >= 15 is 0 Å². The Balaban J connectivity index is 1.68. The molecular formula is C17H15ClN2O2S. The van der Waals surface area contributed by atoms with Gasteiger partial charge in [0.05, 0.1) is 10.6 Å². The number of halogens is 1. The van der Waals surface area contributed by atoms with E-state index in [-0.39, 0.29) is 5.91 Å². The Labute approximate surface area is 143 Å². The van der Waals surface area contributed by atoms with Crippen LogP contribution < -0.4 is 5.32 Å². The summed E-state index contributed by atoms with van der Waals surface area (Å²) in [7, 11) is 0. The number of hydrogen-bond donors (Lipinski definition) is 1. The summed E-state index contributed by atoms with van der Waals surface area (Å²) in [6.07, 6.45) is 0.713. The van der Waals surface area contributed by atoms with Crippen molar-refractivity contribution in [3.8, 4) is 10.6 Å². The lowest BCUT2D eigenvalue weighted by atomic mass is 10.1. The van der Waals surface area contributed by atoms with E-state index in [0.717, 1.165) is 10.4 Å². The van der Waals surface area contributed by atoms with Gasteiger partial charge in [0.1, 0.15) is 5.56 Å². The lowest BCUT2D eigenvalue weighted by molar-refractivity contribution is 0.0954. The fraction of sp³-hybridized carbons (Fsp3) is 0.176. The molecule has 0 aliphatic carbocycles. The number of thiophene rings is 1. The van der Waals surface area contributed by atoms with E-state index in [1.807, 2.05) is 41.8 Å². The number of aromatic nitrogens is 1. The number of aryl methyl sites for hydroxylation is 1. The van der Waals surface area contributed by atoms with Gasteiger partial charge in [0.15, 0.2) is 5.76 Å². The van der Waals surface area contributed by atoms with Crippen molar-refractivity contribution in [2.24, 2.45) is 0 Å². The van der Waals surface area contributed by atoms with Gasteiger partial charge in [0, 0.05) is 11.6 Å². The average Bonchev–Trinajstić information content (AvgIpc) is 3.16. The van der Waals surface area contributed by atoms with Crippen LogP contribution in [-0.2, 0) is 6.42 Å². The highest BCUT2D eigenvalue weighted by atomic mass is 35.5. The predicted molar refractivity (Wildman–Crippen MR) is 92.0 cm³/mol. The molecule has 2 heterocycles. The van der Waals surface area contributed by atoms with E-state index in [0.29, 0.717) is 35.0 Å². The molecule has 3 aromatic rings. The minimum Gasteiger partial charge on any atom is -0.354 e. The second-order valence-corrected chi connectivity index (χ2v) is 6.47. The minimum atomic E-state index is -0.172. The second kappa shape index (κ2) is 6.98. The van der Waals surface area contributed by atoms with Crippen LogP contribution in [0, 0.1) is 6.92 Å². The maximum atomic E-state index is 12.5. The van der Waals surface area contributed by atoms with Crippen LogP contribution in [0.2, 0.25) is 5.02 Å². The smallest absolute Gasteiger partial charge is 0.257 e. The Kier molecular flexibility index (Phi) is 4.79. The maximum Gasteiger partial charge on any atom is 0.257 e. The maximum absolute atomic E-state index is 12.5. The molecule has 0 saturated carbocycles. The van der Waals surface area contributed by atoms with E-state index in [2.05, 4.69) is 10.5 Å². The summed E-state index contributed by atoms with van der Waals surface area (Å²) < 4.78 is 5.32. The summed E-state index contributed by atoms with van der Waals surface area (Å²) in [5, 5.41) is 9.48. The fourth-order valence-corrected chi connectivity index (χ4v) is 3.23. The first-order valence-electron chi connectivity index (χ1n) is 7.18. The molecule has 0 aliphatic rings. The van der Waals surface area contributed by atoms with Crippen molar-refractivity contribution >= 4 is 28.8 Å². The summed E-state index contributed by atoms with van der Waals surface area (Å²) in [5.41, 5.74) is 2.17. The summed E-state index contributed by atoms with van der Waals surface area (Å²) >= 11 is 7.47. The van der Waals surface area contributed by atoms with Crippen LogP contribution in [0.1, 0.15) is 21.6 Å². The fourth-order valence-electron chi connectivity index (χ4n) is 2.31. The monoisotopic (exact) mass is 346 g/mol. The highest BCUT2D eigenvalue weighted by Crippen LogP contribution is 2.29. The molecule has 3 rings (SSSR count). The SMILES string of the molecule is Cc1noc(-c2cccs2)c1C(=O)NCCc1cccc(Cl)c1. The molecule has 1 aromatic carbocycles. The average molecular weight is 347 g/mol. The molecule has 0 saturated heterocycles. The third-order valence-corrected chi connectivity index (χ3v) is 4.53. The Hall–Kier alpha value is -2.11. The van der Waals surface area contributed by atoms with Crippen molar-refractivity contribution in [3.05, 3.63) is 63.6 Å². The lowest BCUT2D eigenvalue weighted by Crippen LogP contribution is -2.26. The zero-order valence-electron chi connectivity index (χ0n) is 12.5. The van der Waals surface area contributed by atoms with Crippen molar-refractivity contribution in [1.29, 1.82) is 0 Å². The number of carbonyl (C=O) groups excluding carboxylic acids is 1. The van der Waals surface area contributed by atoms with Crippen LogP contribution >= 0.6 is 22.9 Å². The number of nitrogens with one attached hydrogen (secondary N) is 1. The Morgan fingerprint density at radius 1 is 1.35 bits per heavy atom. The molecule has 6 heteroatoms. The lowest BCUT2D eigenvalue weighted by Gasteiger charge is -2.06. The first-order chi connectivity index (χ1) is 11.1. The van der Waals surface area contributed by atoms with Gasteiger partial charge in [-0.25, -0.2) is 0 Å². The van der Waals surface area contributed by atoms with Gasteiger partial charge < -0.3 is 9.84 Å². The largest absolute Gasteiger partial charge is 0.354 e. The van der Waals surface area contributed by atoms with Crippen LogP contribution in [0.15, 0.2) is 46.3 Å². The summed E-state index contributed by atoms with van der Waals surface area (Å²) in [5.74, 6) is 0.354. The molecule has 4 nitrogen and oxygen atoms in total. The minimum absolute atomic E-state index is 0.172. The summed E-state index contributed by atoms with van der Waals surface area (Å²) in [6.45, 7) is 2.29. The van der Waals surface area contributed by atoms with Gasteiger partial charge in [-0.1, -0.05) is 35.0 Å². The van der Waals surface area contributed by atoms with E-state index < -0.39 is 0 Å². The number of rotatable bonds is 5. The van der Waals surface area contributed by atoms with Crippen LogP contribution in [0.5, 0.6) is 0 Å². The third-order valence-electron chi connectivity index (χ3n) is 3.42.